The number of hydrogen-bond donors (Lipinski definition) is 2. The van der Waals surface area contributed by atoms with Gasteiger partial charge in [0.25, 0.3) is 0 Å². The number of thioether (sulfide) groups is 1. The van der Waals surface area contributed by atoms with Crippen molar-refractivity contribution < 1.29 is 9.18 Å². The molecule has 1 heterocycles. The molecule has 1 amide bonds. The number of halogens is 1. The molecule has 1 aliphatic carbocycles. The molecule has 7 heteroatoms. The fourth-order valence-corrected chi connectivity index (χ4v) is 3.54. The summed E-state index contributed by atoms with van der Waals surface area (Å²) in [5, 5.41) is 10.4. The predicted molar refractivity (Wildman–Crippen MR) is 92.5 cm³/mol. The van der Waals surface area contributed by atoms with Crippen LogP contribution in [0.1, 0.15) is 37.1 Å². The van der Waals surface area contributed by atoms with Gasteiger partial charge in [0.05, 0.1) is 5.75 Å². The molecule has 3 rings (SSSR count). The molecule has 0 saturated heterocycles. The fourth-order valence-electron chi connectivity index (χ4n) is 2.92. The Labute approximate surface area is 144 Å². The van der Waals surface area contributed by atoms with Crippen LogP contribution >= 0.6 is 11.8 Å². The summed E-state index contributed by atoms with van der Waals surface area (Å²) in [4.78, 5) is 16.4. The molecule has 0 aliphatic heterocycles. The zero-order valence-corrected chi connectivity index (χ0v) is 14.5. The highest BCUT2D eigenvalue weighted by Crippen LogP contribution is 2.27. The Balaban J connectivity index is 1.47. The molecule has 0 unspecified atom stereocenters. The van der Waals surface area contributed by atoms with Gasteiger partial charge >= 0.3 is 0 Å². The molecule has 0 radical (unpaired) electrons. The molecule has 1 aliphatic rings. The van der Waals surface area contributed by atoms with Gasteiger partial charge in [0.2, 0.25) is 11.1 Å². The van der Waals surface area contributed by atoms with E-state index in [9.17, 15) is 9.18 Å². The van der Waals surface area contributed by atoms with Crippen LogP contribution in [0.25, 0.3) is 0 Å². The normalized spacial score (nSPS) is 14.9. The number of anilines is 1. The lowest BCUT2D eigenvalue weighted by Crippen LogP contribution is -2.14. The molecular formula is C17H21FN4OS. The molecule has 2 N–H and O–H groups in total. The summed E-state index contributed by atoms with van der Waals surface area (Å²) < 4.78 is 13.5. The first-order valence-corrected chi connectivity index (χ1v) is 9.19. The van der Waals surface area contributed by atoms with Crippen molar-refractivity contribution in [2.45, 2.75) is 44.2 Å². The van der Waals surface area contributed by atoms with Crippen LogP contribution in [0.2, 0.25) is 0 Å². The smallest absolute Gasteiger partial charge is 0.234 e. The van der Waals surface area contributed by atoms with Crippen LogP contribution in [0, 0.1) is 18.7 Å². The Morgan fingerprint density at radius 1 is 1.42 bits per heavy atom. The van der Waals surface area contributed by atoms with Crippen LogP contribution in [-0.4, -0.2) is 26.8 Å². The van der Waals surface area contributed by atoms with Gasteiger partial charge in [0, 0.05) is 12.1 Å². The third-order valence-electron chi connectivity index (χ3n) is 4.26. The van der Waals surface area contributed by atoms with Crippen molar-refractivity contribution in [1.29, 1.82) is 0 Å². The van der Waals surface area contributed by atoms with E-state index >= 15 is 0 Å². The summed E-state index contributed by atoms with van der Waals surface area (Å²) in [5.41, 5.74) is 1.01. The van der Waals surface area contributed by atoms with Gasteiger partial charge in [-0.3, -0.25) is 9.89 Å². The number of carbonyl (C=O) groups excluding carboxylic acids is 1. The number of rotatable bonds is 6. The Morgan fingerprint density at radius 2 is 2.21 bits per heavy atom. The number of H-pyrrole nitrogens is 1. The number of amides is 1. The molecular weight excluding hydrogens is 327 g/mol. The fraction of sp³-hybridized carbons (Fsp3) is 0.471. The molecule has 1 aromatic heterocycles. The number of carbonyl (C=O) groups is 1. The number of aromatic nitrogens is 3. The molecule has 1 fully saturated rings. The minimum atomic E-state index is -0.328. The Morgan fingerprint density at radius 3 is 2.96 bits per heavy atom. The van der Waals surface area contributed by atoms with Crippen LogP contribution in [-0.2, 0) is 11.2 Å². The Hall–Kier alpha value is -1.89. The maximum atomic E-state index is 13.5. The van der Waals surface area contributed by atoms with Gasteiger partial charge in [-0.15, -0.1) is 5.10 Å². The van der Waals surface area contributed by atoms with Gasteiger partial charge in [-0.25, -0.2) is 9.37 Å². The maximum Gasteiger partial charge on any atom is 0.234 e. The zero-order chi connectivity index (χ0) is 16.9. The molecule has 128 valence electrons. The van der Waals surface area contributed by atoms with Crippen molar-refractivity contribution in [3.8, 4) is 0 Å². The molecule has 1 saturated carbocycles. The lowest BCUT2D eigenvalue weighted by molar-refractivity contribution is -0.113. The van der Waals surface area contributed by atoms with Gasteiger partial charge in [0.15, 0.2) is 0 Å². The van der Waals surface area contributed by atoms with E-state index in [2.05, 4.69) is 20.5 Å². The number of nitrogens with zero attached hydrogens (tertiary/aromatic N) is 2. The van der Waals surface area contributed by atoms with E-state index in [1.54, 1.807) is 19.1 Å². The van der Waals surface area contributed by atoms with E-state index in [4.69, 9.17) is 0 Å². The Bertz CT molecular complexity index is 712. The second-order valence-corrected chi connectivity index (χ2v) is 7.16. The summed E-state index contributed by atoms with van der Waals surface area (Å²) in [7, 11) is 0. The van der Waals surface area contributed by atoms with Crippen LogP contribution in [0.15, 0.2) is 23.4 Å². The quantitative estimate of drug-likeness (QED) is 0.781. The lowest BCUT2D eigenvalue weighted by atomic mass is 10.0. The summed E-state index contributed by atoms with van der Waals surface area (Å²) in [6.07, 6.45) is 6.07. The highest BCUT2D eigenvalue weighted by Gasteiger charge is 2.17. The van der Waals surface area contributed by atoms with E-state index in [1.807, 2.05) is 0 Å². The van der Waals surface area contributed by atoms with Crippen molar-refractivity contribution in [3.63, 3.8) is 0 Å². The molecule has 0 spiro atoms. The van der Waals surface area contributed by atoms with Gasteiger partial charge in [-0.2, -0.15) is 0 Å². The Kier molecular flexibility index (Phi) is 5.50. The van der Waals surface area contributed by atoms with Crippen LogP contribution in [0.5, 0.6) is 0 Å². The topological polar surface area (TPSA) is 70.7 Å². The van der Waals surface area contributed by atoms with Gasteiger partial charge in [-0.1, -0.05) is 43.5 Å². The third kappa shape index (κ3) is 4.56. The first kappa shape index (κ1) is 17.0. The van der Waals surface area contributed by atoms with Gasteiger partial charge < -0.3 is 5.32 Å². The maximum absolute atomic E-state index is 13.5. The standard InChI is InChI=1S/C17H21FN4OS/c1-11-6-7-13(9-14(11)18)19-16(23)10-24-17-20-15(21-22-17)8-12-4-2-3-5-12/h6-7,9,12H,2-5,8,10H2,1H3,(H,19,23)(H,20,21,22). The molecule has 0 bridgehead atoms. The minimum Gasteiger partial charge on any atom is -0.325 e. The SMILES string of the molecule is Cc1ccc(NC(=O)CSc2n[nH]c(CC3CCCC3)n2)cc1F. The third-order valence-corrected chi connectivity index (χ3v) is 5.10. The van der Waals surface area contributed by atoms with Crippen LogP contribution in [0.4, 0.5) is 10.1 Å². The number of nitrogens with one attached hydrogen (secondary N) is 2. The van der Waals surface area contributed by atoms with Crippen molar-refractivity contribution >= 4 is 23.4 Å². The largest absolute Gasteiger partial charge is 0.325 e. The highest BCUT2D eigenvalue weighted by molar-refractivity contribution is 7.99. The second-order valence-electron chi connectivity index (χ2n) is 6.22. The average Bonchev–Trinajstić information content (AvgIpc) is 3.21. The summed E-state index contributed by atoms with van der Waals surface area (Å²) in [6.45, 7) is 1.68. The summed E-state index contributed by atoms with van der Waals surface area (Å²) in [6, 6.07) is 4.65. The van der Waals surface area contributed by atoms with Crippen molar-refractivity contribution in [2.24, 2.45) is 5.92 Å². The number of aromatic amines is 1. The van der Waals surface area contributed by atoms with Crippen molar-refractivity contribution in [2.75, 3.05) is 11.1 Å². The first-order valence-electron chi connectivity index (χ1n) is 8.20. The predicted octanol–water partition coefficient (Wildman–Crippen LogP) is 3.72. The number of benzene rings is 1. The number of hydrogen-bond acceptors (Lipinski definition) is 4. The zero-order valence-electron chi connectivity index (χ0n) is 13.6. The molecule has 0 atom stereocenters. The van der Waals surface area contributed by atoms with E-state index in [0.29, 0.717) is 22.3 Å². The van der Waals surface area contributed by atoms with Gasteiger partial charge in [0.1, 0.15) is 11.6 Å². The van der Waals surface area contributed by atoms with Crippen molar-refractivity contribution in [1.82, 2.24) is 15.2 Å². The first-order chi connectivity index (χ1) is 11.6. The molecule has 5 nitrogen and oxygen atoms in total. The summed E-state index contributed by atoms with van der Waals surface area (Å²) in [5.74, 6) is 1.26. The monoisotopic (exact) mass is 348 g/mol. The minimum absolute atomic E-state index is 0.191. The van der Waals surface area contributed by atoms with Crippen molar-refractivity contribution in [3.05, 3.63) is 35.4 Å². The van der Waals surface area contributed by atoms with Crippen LogP contribution in [0.3, 0.4) is 0 Å². The van der Waals surface area contributed by atoms with Gasteiger partial charge in [-0.05, 0) is 30.5 Å². The second kappa shape index (κ2) is 7.79. The van der Waals surface area contributed by atoms with E-state index < -0.39 is 0 Å². The summed E-state index contributed by atoms with van der Waals surface area (Å²) >= 11 is 1.27. The van der Waals surface area contributed by atoms with E-state index in [-0.39, 0.29) is 17.5 Å². The average molecular weight is 348 g/mol. The molecule has 24 heavy (non-hydrogen) atoms. The van der Waals surface area contributed by atoms with E-state index in [0.717, 1.165) is 12.2 Å². The van der Waals surface area contributed by atoms with E-state index in [1.165, 1.54) is 43.5 Å². The number of aryl methyl sites for hydroxylation is 1. The van der Waals surface area contributed by atoms with Crippen LogP contribution < -0.4 is 5.32 Å². The molecule has 2 aromatic rings. The lowest BCUT2D eigenvalue weighted by Gasteiger charge is -2.05. The molecule has 1 aromatic carbocycles. The highest BCUT2D eigenvalue weighted by atomic mass is 32.2.